The second-order valence-electron chi connectivity index (χ2n) is 5.18. The quantitative estimate of drug-likeness (QED) is 0.765. The first-order chi connectivity index (χ1) is 8.44. The molecule has 0 aliphatic heterocycles. The van der Waals surface area contributed by atoms with Crippen molar-refractivity contribution in [1.29, 1.82) is 0 Å². The lowest BCUT2D eigenvalue weighted by molar-refractivity contribution is -0.139. The normalized spacial score (nSPS) is 18.6. The van der Waals surface area contributed by atoms with Gasteiger partial charge in [0.15, 0.2) is 0 Å². The molecule has 5 nitrogen and oxygen atoms in total. The summed E-state index contributed by atoms with van der Waals surface area (Å²) in [5.41, 5.74) is -0.510. The van der Waals surface area contributed by atoms with Gasteiger partial charge in [-0.2, -0.15) is 0 Å². The van der Waals surface area contributed by atoms with E-state index in [1.165, 1.54) is 0 Å². The number of carboxylic acid groups (broad SMARTS) is 1. The number of carbonyl (C=O) groups is 2. The Balaban J connectivity index is 2.63. The van der Waals surface area contributed by atoms with Crippen LogP contribution in [0.25, 0.3) is 0 Å². The van der Waals surface area contributed by atoms with Crippen molar-refractivity contribution in [3.63, 3.8) is 0 Å². The van der Waals surface area contributed by atoms with Crippen molar-refractivity contribution < 1.29 is 14.7 Å². The first-order valence-electron chi connectivity index (χ1n) is 6.74. The molecular formula is C13H24N2O3. The Morgan fingerprint density at radius 1 is 1.39 bits per heavy atom. The molecule has 1 unspecified atom stereocenters. The van der Waals surface area contributed by atoms with Crippen LogP contribution in [0.4, 0.5) is 4.79 Å². The molecule has 2 N–H and O–H groups in total. The van der Waals surface area contributed by atoms with E-state index in [2.05, 4.69) is 5.32 Å². The van der Waals surface area contributed by atoms with Crippen molar-refractivity contribution in [2.24, 2.45) is 0 Å². The molecule has 0 aromatic heterocycles. The van der Waals surface area contributed by atoms with E-state index in [1.54, 1.807) is 4.90 Å². The maximum Gasteiger partial charge on any atom is 0.318 e. The third-order valence-corrected chi connectivity index (χ3v) is 3.90. The van der Waals surface area contributed by atoms with Crippen molar-refractivity contribution in [2.45, 2.75) is 64.5 Å². The van der Waals surface area contributed by atoms with Gasteiger partial charge in [-0.05, 0) is 39.5 Å². The first-order valence-corrected chi connectivity index (χ1v) is 6.74. The molecule has 0 saturated heterocycles. The minimum absolute atomic E-state index is 0.0246. The molecule has 0 aromatic carbocycles. The second kappa shape index (κ2) is 6.07. The lowest BCUT2D eigenvalue weighted by Gasteiger charge is -2.43. The van der Waals surface area contributed by atoms with Crippen molar-refractivity contribution in [3.8, 4) is 0 Å². The Bertz CT molecular complexity index is 313. The summed E-state index contributed by atoms with van der Waals surface area (Å²) < 4.78 is 0. The highest BCUT2D eigenvalue weighted by molar-refractivity contribution is 5.77. The number of amides is 2. The first kappa shape index (κ1) is 14.8. The molecule has 1 aliphatic rings. The van der Waals surface area contributed by atoms with Gasteiger partial charge in [-0.1, -0.05) is 6.92 Å². The molecule has 18 heavy (non-hydrogen) atoms. The number of rotatable bonds is 6. The zero-order chi connectivity index (χ0) is 13.8. The number of hydrogen-bond donors (Lipinski definition) is 2. The lowest BCUT2D eigenvalue weighted by Crippen LogP contribution is -2.59. The van der Waals surface area contributed by atoms with Crippen molar-refractivity contribution in [1.82, 2.24) is 10.2 Å². The van der Waals surface area contributed by atoms with E-state index in [1.807, 2.05) is 20.8 Å². The number of aliphatic carboxylic acids is 1. The van der Waals surface area contributed by atoms with Gasteiger partial charge in [0.1, 0.15) is 0 Å². The number of carbonyl (C=O) groups excluding carboxylic acids is 1. The lowest BCUT2D eigenvalue weighted by atomic mass is 9.74. The standard InChI is InChI=1S/C13H24N2O3/c1-4-10(3)15(5-2)12(18)14-13(7-6-8-13)9-11(16)17/h10H,4-9H2,1-3H3,(H,14,18)(H,16,17). The third kappa shape index (κ3) is 3.37. The Morgan fingerprint density at radius 3 is 2.33 bits per heavy atom. The molecule has 1 aliphatic carbocycles. The number of urea groups is 1. The fourth-order valence-corrected chi connectivity index (χ4v) is 2.41. The summed E-state index contributed by atoms with van der Waals surface area (Å²) in [6.07, 6.45) is 3.44. The molecule has 5 heteroatoms. The molecule has 0 radical (unpaired) electrons. The van der Waals surface area contributed by atoms with Gasteiger partial charge >= 0.3 is 12.0 Å². The van der Waals surface area contributed by atoms with Gasteiger partial charge in [0.05, 0.1) is 12.0 Å². The fourth-order valence-electron chi connectivity index (χ4n) is 2.41. The summed E-state index contributed by atoms with van der Waals surface area (Å²) >= 11 is 0. The molecule has 1 fully saturated rings. The summed E-state index contributed by atoms with van der Waals surface area (Å²) in [5, 5.41) is 11.8. The van der Waals surface area contributed by atoms with Crippen LogP contribution in [-0.2, 0) is 4.79 Å². The van der Waals surface area contributed by atoms with Crippen LogP contribution in [0.2, 0.25) is 0 Å². The van der Waals surface area contributed by atoms with Crippen molar-refractivity contribution in [2.75, 3.05) is 6.54 Å². The van der Waals surface area contributed by atoms with Crippen molar-refractivity contribution in [3.05, 3.63) is 0 Å². The van der Waals surface area contributed by atoms with Crippen LogP contribution in [0.15, 0.2) is 0 Å². The van der Waals surface area contributed by atoms with Crippen LogP contribution in [0.3, 0.4) is 0 Å². The number of nitrogens with one attached hydrogen (secondary N) is 1. The molecular weight excluding hydrogens is 232 g/mol. The Labute approximate surface area is 109 Å². The molecule has 104 valence electrons. The second-order valence-corrected chi connectivity index (χ2v) is 5.18. The highest BCUT2D eigenvalue weighted by Gasteiger charge is 2.41. The summed E-state index contributed by atoms with van der Waals surface area (Å²) in [6.45, 7) is 6.63. The largest absolute Gasteiger partial charge is 0.481 e. The van der Waals surface area contributed by atoms with Gasteiger partial charge in [0.2, 0.25) is 0 Å². The van der Waals surface area contributed by atoms with Gasteiger partial charge in [-0.3, -0.25) is 4.79 Å². The third-order valence-electron chi connectivity index (χ3n) is 3.90. The molecule has 0 aromatic rings. The Hall–Kier alpha value is -1.26. The van der Waals surface area contributed by atoms with Crippen LogP contribution in [0, 0.1) is 0 Å². The van der Waals surface area contributed by atoms with Gasteiger partial charge in [-0.25, -0.2) is 4.79 Å². The predicted octanol–water partition coefficient (Wildman–Crippen LogP) is 2.21. The topological polar surface area (TPSA) is 69.6 Å². The molecule has 0 bridgehead atoms. The summed E-state index contributed by atoms with van der Waals surface area (Å²) in [5.74, 6) is -0.846. The van der Waals surface area contributed by atoms with E-state index in [4.69, 9.17) is 5.11 Å². The van der Waals surface area contributed by atoms with Crippen LogP contribution in [0.1, 0.15) is 52.9 Å². The molecule has 2 amide bonds. The minimum Gasteiger partial charge on any atom is -0.481 e. The van der Waals surface area contributed by atoms with Gasteiger partial charge in [-0.15, -0.1) is 0 Å². The SMILES string of the molecule is CCC(C)N(CC)C(=O)NC1(CC(=O)O)CCC1. The van der Waals surface area contributed by atoms with E-state index in [0.29, 0.717) is 6.54 Å². The van der Waals surface area contributed by atoms with Gasteiger partial charge in [0, 0.05) is 12.6 Å². The number of nitrogens with zero attached hydrogens (tertiary/aromatic N) is 1. The average Bonchev–Trinajstić information content (AvgIpc) is 2.26. The molecule has 0 heterocycles. The number of carboxylic acids is 1. The Kier molecular flexibility index (Phi) is 4.99. The van der Waals surface area contributed by atoms with Crippen molar-refractivity contribution >= 4 is 12.0 Å². The summed E-state index contributed by atoms with van der Waals surface area (Å²) in [4.78, 5) is 24.8. The van der Waals surface area contributed by atoms with Gasteiger partial charge in [0.25, 0.3) is 0 Å². The van der Waals surface area contributed by atoms with E-state index in [0.717, 1.165) is 25.7 Å². The van der Waals surface area contributed by atoms with E-state index < -0.39 is 11.5 Å². The summed E-state index contributed by atoms with van der Waals surface area (Å²) in [6, 6.07) is 0.0461. The average molecular weight is 256 g/mol. The van der Waals surface area contributed by atoms with E-state index in [-0.39, 0.29) is 18.5 Å². The Morgan fingerprint density at radius 2 is 2.00 bits per heavy atom. The maximum atomic E-state index is 12.2. The highest BCUT2D eigenvalue weighted by Crippen LogP contribution is 2.35. The number of hydrogen-bond acceptors (Lipinski definition) is 2. The van der Waals surface area contributed by atoms with Crippen LogP contribution in [-0.4, -0.2) is 40.1 Å². The molecule has 0 spiro atoms. The smallest absolute Gasteiger partial charge is 0.318 e. The molecule has 1 saturated carbocycles. The zero-order valence-corrected chi connectivity index (χ0v) is 11.5. The van der Waals surface area contributed by atoms with E-state index >= 15 is 0 Å². The molecule has 1 rings (SSSR count). The van der Waals surface area contributed by atoms with Gasteiger partial charge < -0.3 is 15.3 Å². The molecule has 1 atom stereocenters. The fraction of sp³-hybridized carbons (Fsp3) is 0.846. The monoisotopic (exact) mass is 256 g/mol. The predicted molar refractivity (Wildman–Crippen MR) is 69.5 cm³/mol. The highest BCUT2D eigenvalue weighted by atomic mass is 16.4. The summed E-state index contributed by atoms with van der Waals surface area (Å²) in [7, 11) is 0. The van der Waals surface area contributed by atoms with Crippen LogP contribution in [0.5, 0.6) is 0 Å². The van der Waals surface area contributed by atoms with E-state index in [9.17, 15) is 9.59 Å². The minimum atomic E-state index is -0.846. The zero-order valence-electron chi connectivity index (χ0n) is 11.5. The van der Waals surface area contributed by atoms with Crippen LogP contribution < -0.4 is 5.32 Å². The van der Waals surface area contributed by atoms with Crippen LogP contribution >= 0.6 is 0 Å². The maximum absolute atomic E-state index is 12.2.